The molecule has 1 aromatic heterocycles. The summed E-state index contributed by atoms with van der Waals surface area (Å²) in [7, 11) is 1.97. The first kappa shape index (κ1) is 14.4. The lowest BCUT2D eigenvalue weighted by Gasteiger charge is -2.16. The highest BCUT2D eigenvalue weighted by molar-refractivity contribution is 7.80. The Labute approximate surface area is 113 Å². The van der Waals surface area contributed by atoms with Gasteiger partial charge in [-0.25, -0.2) is 0 Å². The molecule has 0 spiro atoms. The summed E-state index contributed by atoms with van der Waals surface area (Å²) in [5, 5.41) is 5.24. The molecule has 0 aromatic carbocycles. The Hall–Kier alpha value is -0.650. The van der Waals surface area contributed by atoms with Gasteiger partial charge in [0, 0.05) is 19.6 Å². The number of likely N-dealkylation sites (N-methyl/N-ethyl adjacent to an activating group) is 1. The average Bonchev–Trinajstić information content (AvgIpc) is 2.55. The van der Waals surface area contributed by atoms with Crippen LogP contribution in [-0.4, -0.2) is 33.3 Å². The molecule has 1 rings (SSSR count). The second-order valence-electron chi connectivity index (χ2n) is 4.02. The highest BCUT2D eigenvalue weighted by Gasteiger charge is 2.15. The van der Waals surface area contributed by atoms with Crippen LogP contribution in [0.1, 0.15) is 25.2 Å². The Kier molecular flexibility index (Phi) is 5.36. The third-order valence-electron chi connectivity index (χ3n) is 2.54. The van der Waals surface area contributed by atoms with Crippen LogP contribution in [0.25, 0.3) is 0 Å². The van der Waals surface area contributed by atoms with E-state index >= 15 is 0 Å². The predicted molar refractivity (Wildman–Crippen MR) is 75.4 cm³/mol. The molecule has 1 heterocycles. The van der Waals surface area contributed by atoms with E-state index in [0.29, 0.717) is 18.1 Å². The van der Waals surface area contributed by atoms with E-state index in [-0.39, 0.29) is 0 Å². The van der Waals surface area contributed by atoms with Gasteiger partial charge in [-0.15, -0.1) is 0 Å². The molecule has 0 aliphatic carbocycles. The Morgan fingerprint density at radius 1 is 1.53 bits per heavy atom. The van der Waals surface area contributed by atoms with Crippen LogP contribution in [0.2, 0.25) is 5.02 Å². The summed E-state index contributed by atoms with van der Waals surface area (Å²) in [6.07, 6.45) is 0.845. The van der Waals surface area contributed by atoms with Crippen molar-refractivity contribution in [3.05, 3.63) is 16.4 Å². The summed E-state index contributed by atoms with van der Waals surface area (Å²) in [5.74, 6) is 0. The molecular formula is C11H19ClN4S. The zero-order valence-corrected chi connectivity index (χ0v) is 12.1. The molecule has 17 heavy (non-hydrogen) atoms. The van der Waals surface area contributed by atoms with Crippen molar-refractivity contribution in [3.8, 4) is 0 Å². The van der Waals surface area contributed by atoms with E-state index < -0.39 is 0 Å². The maximum atomic E-state index is 6.31. The lowest BCUT2D eigenvalue weighted by atomic mass is 10.3. The molecular weight excluding hydrogens is 256 g/mol. The van der Waals surface area contributed by atoms with Crippen molar-refractivity contribution in [1.29, 1.82) is 0 Å². The van der Waals surface area contributed by atoms with Gasteiger partial charge in [0.25, 0.3) is 0 Å². The number of nitrogens with two attached hydrogens (primary N) is 1. The first-order chi connectivity index (χ1) is 7.99. The largest absolute Gasteiger partial charge is 0.392 e. The normalized spacial score (nSPS) is 11.1. The molecule has 0 radical (unpaired) electrons. The minimum Gasteiger partial charge on any atom is -0.392 e. The highest BCUT2D eigenvalue weighted by atomic mass is 35.5. The molecule has 0 atom stereocenters. The lowest BCUT2D eigenvalue weighted by Crippen LogP contribution is -2.29. The monoisotopic (exact) mass is 274 g/mol. The van der Waals surface area contributed by atoms with E-state index in [1.165, 1.54) is 0 Å². The molecule has 0 saturated carbocycles. The number of hydrogen-bond acceptors (Lipinski definition) is 3. The van der Waals surface area contributed by atoms with Gasteiger partial charge >= 0.3 is 0 Å². The van der Waals surface area contributed by atoms with Gasteiger partial charge in [-0.1, -0.05) is 30.7 Å². The second-order valence-corrected chi connectivity index (χ2v) is 4.92. The lowest BCUT2D eigenvalue weighted by molar-refractivity contribution is 0.358. The van der Waals surface area contributed by atoms with Crippen LogP contribution >= 0.6 is 23.8 Å². The molecule has 0 aliphatic rings. The van der Waals surface area contributed by atoms with Crippen LogP contribution < -0.4 is 5.73 Å². The van der Waals surface area contributed by atoms with Gasteiger partial charge in [0.05, 0.1) is 21.4 Å². The van der Waals surface area contributed by atoms with Gasteiger partial charge in [0.1, 0.15) is 0 Å². The zero-order chi connectivity index (χ0) is 13.0. The molecule has 0 aliphatic heterocycles. The maximum Gasteiger partial charge on any atom is 0.0870 e. The Morgan fingerprint density at radius 2 is 2.18 bits per heavy atom. The molecule has 0 fully saturated rings. The van der Waals surface area contributed by atoms with E-state index in [4.69, 9.17) is 29.6 Å². The van der Waals surface area contributed by atoms with Gasteiger partial charge < -0.3 is 5.73 Å². The van der Waals surface area contributed by atoms with Gasteiger partial charge in [0.15, 0.2) is 0 Å². The molecule has 96 valence electrons. The number of thiocarbonyl (C=S) groups is 1. The molecule has 0 amide bonds. The third kappa shape index (κ3) is 3.66. The van der Waals surface area contributed by atoms with Gasteiger partial charge in [-0.3, -0.25) is 9.58 Å². The molecule has 0 unspecified atom stereocenters. The Morgan fingerprint density at radius 3 is 2.65 bits per heavy atom. The molecule has 0 bridgehead atoms. The standard InChI is InChI=1S/C11H19ClN4S/c1-4-8-11(12)9(16(5-2)14-8)6-15(3)7-10(13)17/h4-7H2,1-3H3,(H2,13,17). The summed E-state index contributed by atoms with van der Waals surface area (Å²) in [6.45, 7) is 6.21. The quantitative estimate of drug-likeness (QED) is 0.804. The number of rotatable bonds is 6. The van der Waals surface area contributed by atoms with E-state index in [0.717, 1.165) is 29.4 Å². The summed E-state index contributed by atoms with van der Waals surface area (Å²) in [6, 6.07) is 0. The minimum atomic E-state index is 0.488. The van der Waals surface area contributed by atoms with Crippen molar-refractivity contribution >= 4 is 28.8 Å². The molecule has 1 aromatic rings. The Bertz CT molecular complexity index is 402. The molecule has 0 saturated heterocycles. The predicted octanol–water partition coefficient (Wildman–Crippen LogP) is 1.84. The van der Waals surface area contributed by atoms with E-state index in [1.807, 2.05) is 16.6 Å². The molecule has 4 nitrogen and oxygen atoms in total. The van der Waals surface area contributed by atoms with Crippen molar-refractivity contribution < 1.29 is 0 Å². The number of halogens is 1. The van der Waals surface area contributed by atoms with Crippen molar-refractivity contribution in [2.45, 2.75) is 33.4 Å². The fraction of sp³-hybridized carbons (Fsp3) is 0.636. The average molecular weight is 275 g/mol. The Balaban J connectivity index is 2.88. The van der Waals surface area contributed by atoms with Gasteiger partial charge in [-0.2, -0.15) is 5.10 Å². The molecule has 2 N–H and O–H groups in total. The number of aryl methyl sites for hydroxylation is 2. The first-order valence-corrected chi connectivity index (χ1v) is 6.49. The number of nitrogens with zero attached hydrogens (tertiary/aromatic N) is 3. The van der Waals surface area contributed by atoms with E-state index in [1.54, 1.807) is 0 Å². The van der Waals surface area contributed by atoms with Crippen LogP contribution in [0.3, 0.4) is 0 Å². The summed E-state index contributed by atoms with van der Waals surface area (Å²) in [4.78, 5) is 2.53. The third-order valence-corrected chi connectivity index (χ3v) is 3.10. The van der Waals surface area contributed by atoms with Crippen molar-refractivity contribution in [3.63, 3.8) is 0 Å². The number of aromatic nitrogens is 2. The highest BCUT2D eigenvalue weighted by Crippen LogP contribution is 2.22. The summed E-state index contributed by atoms with van der Waals surface area (Å²) >= 11 is 11.2. The molecule has 6 heteroatoms. The van der Waals surface area contributed by atoms with E-state index in [9.17, 15) is 0 Å². The van der Waals surface area contributed by atoms with Gasteiger partial charge in [-0.05, 0) is 20.4 Å². The summed E-state index contributed by atoms with van der Waals surface area (Å²) < 4.78 is 1.94. The zero-order valence-electron chi connectivity index (χ0n) is 10.5. The van der Waals surface area contributed by atoms with Crippen LogP contribution in [0, 0.1) is 0 Å². The minimum absolute atomic E-state index is 0.488. The van der Waals surface area contributed by atoms with Crippen LogP contribution in [0.4, 0.5) is 0 Å². The number of hydrogen-bond donors (Lipinski definition) is 1. The van der Waals surface area contributed by atoms with Crippen molar-refractivity contribution in [1.82, 2.24) is 14.7 Å². The smallest absolute Gasteiger partial charge is 0.0870 e. The SMILES string of the molecule is CCc1nn(CC)c(CN(C)CC(N)=S)c1Cl. The fourth-order valence-corrected chi connectivity index (χ4v) is 2.30. The van der Waals surface area contributed by atoms with E-state index in [2.05, 4.69) is 18.9 Å². The van der Waals surface area contributed by atoms with Crippen molar-refractivity contribution in [2.24, 2.45) is 5.73 Å². The maximum absolute atomic E-state index is 6.31. The topological polar surface area (TPSA) is 47.1 Å². The second kappa shape index (κ2) is 6.33. The van der Waals surface area contributed by atoms with Crippen LogP contribution in [-0.2, 0) is 19.5 Å². The van der Waals surface area contributed by atoms with Crippen LogP contribution in [0.5, 0.6) is 0 Å². The van der Waals surface area contributed by atoms with Crippen LogP contribution in [0.15, 0.2) is 0 Å². The van der Waals surface area contributed by atoms with Gasteiger partial charge in [0.2, 0.25) is 0 Å². The summed E-state index contributed by atoms with van der Waals surface area (Å²) in [5.41, 5.74) is 7.50. The fourth-order valence-electron chi connectivity index (χ4n) is 1.75. The first-order valence-electron chi connectivity index (χ1n) is 5.70. The van der Waals surface area contributed by atoms with Crippen molar-refractivity contribution in [2.75, 3.05) is 13.6 Å².